The molecule has 4 atom stereocenters. The minimum Gasteiger partial charge on any atom is -0.390 e. The van der Waals surface area contributed by atoms with Gasteiger partial charge in [-0.3, -0.25) is 14.4 Å². The first kappa shape index (κ1) is 38.5. The summed E-state index contributed by atoms with van der Waals surface area (Å²) in [7, 11) is -4.16. The van der Waals surface area contributed by atoms with Gasteiger partial charge in [-0.15, -0.1) is 0 Å². The highest BCUT2D eigenvalue weighted by Crippen LogP contribution is 2.26. The fraction of sp³-hybridized carbons (Fsp3) is 0.425. The number of hydrogen-bond acceptors (Lipinski definition) is 6. The van der Waals surface area contributed by atoms with Gasteiger partial charge in [-0.1, -0.05) is 119 Å². The number of rotatable bonds is 17. The third-order valence-corrected chi connectivity index (χ3v) is 10.4. The molecule has 0 spiro atoms. The summed E-state index contributed by atoms with van der Waals surface area (Å²) in [5, 5.41) is 21.2. The first-order valence-electron chi connectivity index (χ1n) is 17.4. The van der Waals surface area contributed by atoms with Crippen LogP contribution < -0.4 is 16.0 Å². The maximum Gasteiger partial charge on any atom is 0.258 e. The van der Waals surface area contributed by atoms with Crippen molar-refractivity contribution in [1.82, 2.24) is 16.0 Å². The summed E-state index contributed by atoms with van der Waals surface area (Å²) >= 11 is 0. The average Bonchev–Trinajstić information content (AvgIpc) is 3.08. The van der Waals surface area contributed by atoms with Crippen molar-refractivity contribution in [2.45, 2.75) is 77.3 Å². The molecule has 0 radical (unpaired) electrons. The molecular formula is C40H51N3O6S. The van der Waals surface area contributed by atoms with E-state index in [9.17, 15) is 27.9 Å². The highest BCUT2D eigenvalue weighted by Gasteiger charge is 2.36. The van der Waals surface area contributed by atoms with Crippen molar-refractivity contribution in [3.63, 3.8) is 0 Å². The second kappa shape index (κ2) is 17.6. The first-order valence-corrected chi connectivity index (χ1v) is 19.4. The largest absolute Gasteiger partial charge is 0.390 e. The lowest BCUT2D eigenvalue weighted by molar-refractivity contribution is -0.130. The molecule has 4 aromatic rings. The van der Waals surface area contributed by atoms with E-state index in [-0.39, 0.29) is 24.2 Å². The van der Waals surface area contributed by atoms with Crippen LogP contribution in [0.15, 0.2) is 84.9 Å². The molecule has 0 saturated heterocycles. The van der Waals surface area contributed by atoms with Crippen molar-refractivity contribution >= 4 is 49.1 Å². The van der Waals surface area contributed by atoms with Gasteiger partial charge in [0.15, 0.2) is 9.84 Å². The van der Waals surface area contributed by atoms with E-state index in [4.69, 9.17) is 0 Å². The number of carbonyl (C=O) groups excluding carboxylic acids is 3. The van der Waals surface area contributed by atoms with Gasteiger partial charge in [0.1, 0.15) is 0 Å². The Balaban J connectivity index is 1.61. The molecule has 4 rings (SSSR count). The molecule has 3 amide bonds. The number of aliphatic hydroxyl groups excluding tert-OH is 1. The normalized spacial score (nSPS) is 14.3. The zero-order chi connectivity index (χ0) is 36.4. The molecule has 268 valence electrons. The summed E-state index contributed by atoms with van der Waals surface area (Å²) in [5.74, 6) is -2.35. The topological polar surface area (TPSA) is 142 Å². The average molecular weight is 702 g/mol. The van der Waals surface area contributed by atoms with Crippen LogP contribution in [0.2, 0.25) is 0 Å². The molecular weight excluding hydrogens is 651 g/mol. The second-order valence-corrected chi connectivity index (χ2v) is 16.1. The van der Waals surface area contributed by atoms with Gasteiger partial charge in [0, 0.05) is 18.7 Å². The molecule has 0 saturated carbocycles. The van der Waals surface area contributed by atoms with Gasteiger partial charge in [0.25, 0.3) is 5.91 Å². The van der Waals surface area contributed by atoms with Gasteiger partial charge in [0.05, 0.1) is 18.6 Å². The molecule has 0 aliphatic rings. The van der Waals surface area contributed by atoms with Crippen LogP contribution in [0.3, 0.4) is 0 Å². The fourth-order valence-electron chi connectivity index (χ4n) is 6.26. The summed E-state index contributed by atoms with van der Waals surface area (Å²) in [6, 6.07) is 26.6. The number of amides is 3. The quantitative estimate of drug-likeness (QED) is 0.117. The Labute approximate surface area is 296 Å². The van der Waals surface area contributed by atoms with E-state index < -0.39 is 45.1 Å². The van der Waals surface area contributed by atoms with Crippen molar-refractivity contribution in [2.24, 2.45) is 17.8 Å². The monoisotopic (exact) mass is 701 g/mol. The number of aliphatic hydroxyl groups is 1. The number of fused-ring (bicyclic) bond motifs is 2. The summed E-state index contributed by atoms with van der Waals surface area (Å²) in [4.78, 5) is 40.5. The second-order valence-electron chi connectivity index (χ2n) is 13.9. The smallest absolute Gasteiger partial charge is 0.258 e. The van der Waals surface area contributed by atoms with E-state index in [0.29, 0.717) is 25.8 Å². The molecule has 0 heterocycles. The molecule has 4 N–H and O–H groups in total. The van der Waals surface area contributed by atoms with E-state index in [1.165, 1.54) is 0 Å². The standard InChI is InChI=1S/C40H51N3O6S/c1-6-27(4)25-41-37(45)24-36(44)35(21-26(2)3)42-39(47)40(50(5,48)49)43-38(46)32(22-30-17-11-15-28-13-7-9-19-33(28)30)23-31-18-12-16-29-14-8-10-20-34(29)31/h7-20,26-27,32,35-36,40,44H,6,21-25H2,1-5H3,(H,41,45)(H,42,47)(H,43,46)/t27-,35-,36-,40?/m0/s1. The Morgan fingerprint density at radius 2 is 1.26 bits per heavy atom. The predicted octanol–water partition coefficient (Wildman–Crippen LogP) is 5.33. The Kier molecular flexibility index (Phi) is 13.5. The number of carbonyl (C=O) groups is 3. The van der Waals surface area contributed by atoms with Crippen LogP contribution in [0.4, 0.5) is 0 Å². The van der Waals surface area contributed by atoms with Crippen LogP contribution in [0, 0.1) is 17.8 Å². The van der Waals surface area contributed by atoms with Crippen LogP contribution in [0.5, 0.6) is 0 Å². The van der Waals surface area contributed by atoms with Crippen LogP contribution in [-0.4, -0.2) is 61.6 Å². The molecule has 50 heavy (non-hydrogen) atoms. The van der Waals surface area contributed by atoms with Gasteiger partial charge >= 0.3 is 0 Å². The Hall–Kier alpha value is -4.28. The van der Waals surface area contributed by atoms with Crippen LogP contribution in [0.1, 0.15) is 58.1 Å². The van der Waals surface area contributed by atoms with Gasteiger partial charge in [0.2, 0.25) is 17.2 Å². The first-order chi connectivity index (χ1) is 23.8. The molecule has 0 aromatic heterocycles. The summed E-state index contributed by atoms with van der Waals surface area (Å²) in [6.07, 6.45) is 1.16. The van der Waals surface area contributed by atoms with E-state index in [1.807, 2.05) is 113 Å². The third kappa shape index (κ3) is 10.6. The van der Waals surface area contributed by atoms with Crippen molar-refractivity contribution in [1.29, 1.82) is 0 Å². The number of benzene rings is 4. The zero-order valence-electron chi connectivity index (χ0n) is 29.7. The lowest BCUT2D eigenvalue weighted by Gasteiger charge is -2.28. The predicted molar refractivity (Wildman–Crippen MR) is 200 cm³/mol. The molecule has 0 aliphatic heterocycles. The zero-order valence-corrected chi connectivity index (χ0v) is 30.5. The summed E-state index contributed by atoms with van der Waals surface area (Å²) < 4.78 is 26.2. The summed E-state index contributed by atoms with van der Waals surface area (Å²) in [6.45, 7) is 8.29. The van der Waals surface area contributed by atoms with E-state index in [2.05, 4.69) is 16.0 Å². The van der Waals surface area contributed by atoms with Crippen molar-refractivity contribution in [3.8, 4) is 0 Å². The van der Waals surface area contributed by atoms with E-state index in [0.717, 1.165) is 45.3 Å². The van der Waals surface area contributed by atoms with E-state index >= 15 is 0 Å². The molecule has 1 unspecified atom stereocenters. The third-order valence-electron chi connectivity index (χ3n) is 9.26. The molecule has 9 nitrogen and oxygen atoms in total. The Morgan fingerprint density at radius 3 is 1.76 bits per heavy atom. The summed E-state index contributed by atoms with van der Waals surface area (Å²) in [5.41, 5.74) is 1.85. The lowest BCUT2D eigenvalue weighted by Crippen LogP contribution is -2.56. The number of hydrogen-bond donors (Lipinski definition) is 4. The number of nitrogens with one attached hydrogen (secondary N) is 3. The van der Waals surface area contributed by atoms with E-state index in [1.54, 1.807) is 0 Å². The molecule has 0 aliphatic carbocycles. The van der Waals surface area contributed by atoms with Crippen LogP contribution in [0.25, 0.3) is 21.5 Å². The van der Waals surface area contributed by atoms with Crippen molar-refractivity contribution < 1.29 is 27.9 Å². The minimum atomic E-state index is -4.16. The molecule has 0 fully saturated rings. The number of sulfone groups is 1. The SMILES string of the molecule is CC[C@H](C)CNC(=O)C[C@H](O)[C@H](CC(C)C)NC(=O)C(NC(=O)C(Cc1cccc2ccccc12)Cc1cccc2ccccc12)S(C)(=O)=O. The van der Waals surface area contributed by atoms with Gasteiger partial charge in [-0.25, -0.2) is 8.42 Å². The Morgan fingerprint density at radius 1 is 0.740 bits per heavy atom. The van der Waals surface area contributed by atoms with Gasteiger partial charge in [-0.05, 0) is 63.8 Å². The molecule has 4 aromatic carbocycles. The molecule has 10 heteroatoms. The van der Waals surface area contributed by atoms with Crippen LogP contribution >= 0.6 is 0 Å². The maximum atomic E-state index is 14.2. The fourth-order valence-corrected chi connectivity index (χ4v) is 7.05. The van der Waals surface area contributed by atoms with Gasteiger partial charge < -0.3 is 21.1 Å². The Bertz CT molecular complexity index is 1800. The molecule has 0 bridgehead atoms. The van der Waals surface area contributed by atoms with Crippen molar-refractivity contribution in [2.75, 3.05) is 12.8 Å². The van der Waals surface area contributed by atoms with Crippen LogP contribution in [-0.2, 0) is 37.1 Å². The maximum absolute atomic E-state index is 14.2. The highest BCUT2D eigenvalue weighted by molar-refractivity contribution is 7.92. The minimum absolute atomic E-state index is 0.00942. The van der Waals surface area contributed by atoms with Gasteiger partial charge in [-0.2, -0.15) is 0 Å². The lowest BCUT2D eigenvalue weighted by atomic mass is 9.88. The highest BCUT2D eigenvalue weighted by atomic mass is 32.2. The van der Waals surface area contributed by atoms with Crippen molar-refractivity contribution in [3.05, 3.63) is 96.1 Å².